The maximum atomic E-state index is 12.6. The average Bonchev–Trinajstić information content (AvgIpc) is 3.45. The third-order valence-electron chi connectivity index (χ3n) is 5.03. The van der Waals surface area contributed by atoms with E-state index in [4.69, 9.17) is 0 Å². The monoisotopic (exact) mass is 450 g/mol. The first kappa shape index (κ1) is 20.8. The maximum absolute atomic E-state index is 12.6. The summed E-state index contributed by atoms with van der Waals surface area (Å²) < 4.78 is 4.77. The molecule has 30 heavy (non-hydrogen) atoms. The average molecular weight is 451 g/mol. The third kappa shape index (κ3) is 3.79. The second-order valence-electron chi connectivity index (χ2n) is 7.02. The predicted molar refractivity (Wildman–Crippen MR) is 114 cm³/mol. The van der Waals surface area contributed by atoms with E-state index in [0.29, 0.717) is 38.9 Å². The fourth-order valence-electron chi connectivity index (χ4n) is 3.48. The Morgan fingerprint density at radius 3 is 2.60 bits per heavy atom. The number of likely N-dealkylation sites (tertiary alicyclic amines) is 1. The number of hydrogen-bond acceptors (Lipinski definition) is 9. The van der Waals surface area contributed by atoms with E-state index in [2.05, 4.69) is 25.4 Å². The number of nitrogens with one attached hydrogen (secondary N) is 1. The highest BCUT2D eigenvalue weighted by atomic mass is 32.2. The topological polar surface area (TPSA) is 120 Å². The summed E-state index contributed by atoms with van der Waals surface area (Å²) in [7, 11) is 3.04. The number of nitrogens with zero attached hydrogens (tertiary/aromatic N) is 7. The minimum Gasteiger partial charge on any atom is -0.313 e. The van der Waals surface area contributed by atoms with Crippen LogP contribution in [0.2, 0.25) is 0 Å². The standard InChI is InChI=1S/C17H22N8O3S2/c1-4-25-11-12(22(2)17(28)23(3)13(11)27)19-15(25)30-16-21-20-14(29-16)18-10(26)9-24-7-5-6-8-24/h4-9H2,1-3H3,(H,18,20,26). The molecule has 1 saturated heterocycles. The van der Waals surface area contributed by atoms with Crippen LogP contribution in [0, 0.1) is 0 Å². The molecule has 0 aliphatic carbocycles. The van der Waals surface area contributed by atoms with Crippen LogP contribution in [-0.2, 0) is 25.4 Å². The van der Waals surface area contributed by atoms with Crippen molar-refractivity contribution in [3.8, 4) is 0 Å². The Morgan fingerprint density at radius 1 is 1.17 bits per heavy atom. The number of amides is 1. The molecule has 0 saturated carbocycles. The van der Waals surface area contributed by atoms with E-state index < -0.39 is 5.69 Å². The molecule has 0 radical (unpaired) electrons. The van der Waals surface area contributed by atoms with Crippen LogP contribution < -0.4 is 16.6 Å². The van der Waals surface area contributed by atoms with E-state index in [-0.39, 0.29) is 11.5 Å². The van der Waals surface area contributed by atoms with Crippen molar-refractivity contribution < 1.29 is 4.79 Å². The molecular weight excluding hydrogens is 428 g/mol. The summed E-state index contributed by atoms with van der Waals surface area (Å²) in [6.07, 6.45) is 2.25. The summed E-state index contributed by atoms with van der Waals surface area (Å²) in [5, 5.41) is 11.9. The van der Waals surface area contributed by atoms with Crippen LogP contribution in [0.25, 0.3) is 11.2 Å². The number of aromatic nitrogens is 6. The van der Waals surface area contributed by atoms with Crippen LogP contribution in [0.1, 0.15) is 19.8 Å². The predicted octanol–water partition coefficient (Wildman–Crippen LogP) is 0.491. The lowest BCUT2D eigenvalue weighted by molar-refractivity contribution is -0.117. The summed E-state index contributed by atoms with van der Waals surface area (Å²) in [6.45, 7) is 4.65. The number of carbonyl (C=O) groups is 1. The molecule has 13 heteroatoms. The number of fused-ring (bicyclic) bond motifs is 1. The highest BCUT2D eigenvalue weighted by Crippen LogP contribution is 2.32. The molecule has 1 aliphatic heterocycles. The van der Waals surface area contributed by atoms with Crippen molar-refractivity contribution in [2.24, 2.45) is 14.1 Å². The Bertz CT molecular complexity index is 1220. The molecule has 1 amide bonds. The molecule has 1 aliphatic rings. The lowest BCUT2D eigenvalue weighted by Crippen LogP contribution is -2.37. The molecule has 1 N–H and O–H groups in total. The van der Waals surface area contributed by atoms with Gasteiger partial charge in [0.1, 0.15) is 0 Å². The zero-order chi connectivity index (χ0) is 21.4. The Kier molecular flexibility index (Phi) is 5.75. The first-order chi connectivity index (χ1) is 14.4. The van der Waals surface area contributed by atoms with Crippen LogP contribution in [0.4, 0.5) is 5.13 Å². The van der Waals surface area contributed by atoms with Gasteiger partial charge < -0.3 is 4.57 Å². The molecule has 0 bridgehead atoms. The van der Waals surface area contributed by atoms with Crippen molar-refractivity contribution in [2.75, 3.05) is 25.0 Å². The molecule has 0 atom stereocenters. The van der Waals surface area contributed by atoms with Gasteiger partial charge in [0.25, 0.3) is 5.56 Å². The number of carbonyl (C=O) groups excluding carboxylic acids is 1. The molecule has 4 heterocycles. The second-order valence-corrected chi connectivity index (χ2v) is 9.22. The number of anilines is 1. The van der Waals surface area contributed by atoms with Crippen molar-refractivity contribution in [3.05, 3.63) is 20.8 Å². The van der Waals surface area contributed by atoms with Gasteiger partial charge in [0, 0.05) is 20.6 Å². The van der Waals surface area contributed by atoms with Gasteiger partial charge in [0.15, 0.2) is 20.7 Å². The SMILES string of the molecule is CCn1c(Sc2nnc(NC(=O)CN3CCCC3)s2)nc2c1c(=O)n(C)c(=O)n2C. The molecule has 3 aromatic rings. The van der Waals surface area contributed by atoms with E-state index in [0.717, 1.165) is 30.5 Å². The van der Waals surface area contributed by atoms with E-state index in [1.807, 2.05) is 6.92 Å². The molecule has 11 nitrogen and oxygen atoms in total. The van der Waals surface area contributed by atoms with Crippen LogP contribution >= 0.6 is 23.1 Å². The van der Waals surface area contributed by atoms with E-state index >= 15 is 0 Å². The lowest BCUT2D eigenvalue weighted by Gasteiger charge is -2.12. The van der Waals surface area contributed by atoms with Crippen molar-refractivity contribution in [1.29, 1.82) is 0 Å². The summed E-state index contributed by atoms with van der Waals surface area (Å²) in [5.74, 6) is -0.108. The Hall–Kier alpha value is -2.51. The van der Waals surface area contributed by atoms with E-state index in [1.165, 1.54) is 34.7 Å². The minimum atomic E-state index is -0.427. The normalized spacial score (nSPS) is 14.6. The Balaban J connectivity index is 1.57. The Labute approximate surface area is 179 Å². The first-order valence-electron chi connectivity index (χ1n) is 9.58. The van der Waals surface area contributed by atoms with Gasteiger partial charge in [0.2, 0.25) is 11.0 Å². The summed E-state index contributed by atoms with van der Waals surface area (Å²) in [5.41, 5.74) is -0.116. The molecule has 0 unspecified atom stereocenters. The zero-order valence-electron chi connectivity index (χ0n) is 16.9. The molecule has 3 aromatic heterocycles. The largest absolute Gasteiger partial charge is 0.332 e. The van der Waals surface area contributed by atoms with Gasteiger partial charge in [-0.2, -0.15) is 0 Å². The van der Waals surface area contributed by atoms with Gasteiger partial charge in [-0.3, -0.25) is 28.9 Å². The second kappa shape index (κ2) is 8.32. The quantitative estimate of drug-likeness (QED) is 0.539. The lowest BCUT2D eigenvalue weighted by atomic mass is 10.4. The molecule has 0 spiro atoms. The first-order valence-corrected chi connectivity index (χ1v) is 11.2. The van der Waals surface area contributed by atoms with Gasteiger partial charge in [-0.05, 0) is 44.6 Å². The van der Waals surface area contributed by atoms with Crippen LogP contribution in [0.3, 0.4) is 0 Å². The van der Waals surface area contributed by atoms with Crippen molar-refractivity contribution in [2.45, 2.75) is 35.8 Å². The smallest absolute Gasteiger partial charge is 0.313 e. The summed E-state index contributed by atoms with van der Waals surface area (Å²) in [4.78, 5) is 43.6. The van der Waals surface area contributed by atoms with Crippen molar-refractivity contribution in [1.82, 2.24) is 33.8 Å². The van der Waals surface area contributed by atoms with E-state index in [9.17, 15) is 14.4 Å². The fraction of sp³-hybridized carbons (Fsp3) is 0.529. The Morgan fingerprint density at radius 2 is 1.90 bits per heavy atom. The summed E-state index contributed by atoms with van der Waals surface area (Å²) in [6, 6.07) is 0. The molecule has 0 aromatic carbocycles. The van der Waals surface area contributed by atoms with Crippen LogP contribution in [0.5, 0.6) is 0 Å². The highest BCUT2D eigenvalue weighted by molar-refractivity contribution is 8.01. The maximum Gasteiger partial charge on any atom is 0.332 e. The fourth-order valence-corrected chi connectivity index (χ4v) is 5.30. The third-order valence-corrected chi connectivity index (χ3v) is 6.91. The van der Waals surface area contributed by atoms with Crippen LogP contribution in [-0.4, -0.2) is 59.3 Å². The van der Waals surface area contributed by atoms with Gasteiger partial charge in [-0.15, -0.1) is 10.2 Å². The highest BCUT2D eigenvalue weighted by Gasteiger charge is 2.21. The molecule has 160 valence electrons. The minimum absolute atomic E-state index is 0.108. The zero-order valence-corrected chi connectivity index (χ0v) is 18.5. The summed E-state index contributed by atoms with van der Waals surface area (Å²) >= 11 is 2.49. The molecular formula is C17H22N8O3S2. The molecule has 4 rings (SSSR count). The van der Waals surface area contributed by atoms with Crippen molar-refractivity contribution in [3.63, 3.8) is 0 Å². The van der Waals surface area contributed by atoms with Gasteiger partial charge >= 0.3 is 5.69 Å². The number of rotatable bonds is 6. The number of aryl methyl sites for hydroxylation is 2. The van der Waals surface area contributed by atoms with Gasteiger partial charge in [-0.25, -0.2) is 9.78 Å². The van der Waals surface area contributed by atoms with Gasteiger partial charge in [0.05, 0.1) is 6.54 Å². The van der Waals surface area contributed by atoms with Gasteiger partial charge in [-0.1, -0.05) is 11.3 Å². The molecule has 1 fully saturated rings. The van der Waals surface area contributed by atoms with Crippen molar-refractivity contribution >= 4 is 45.3 Å². The van der Waals surface area contributed by atoms with E-state index in [1.54, 1.807) is 11.6 Å². The number of hydrogen-bond donors (Lipinski definition) is 1. The number of imidazole rings is 1. The van der Waals surface area contributed by atoms with Crippen LogP contribution in [0.15, 0.2) is 19.1 Å².